The van der Waals surface area contributed by atoms with Gasteiger partial charge in [0.05, 0.1) is 18.3 Å². The number of hydrogen-bond donors (Lipinski definition) is 0. The van der Waals surface area contributed by atoms with Gasteiger partial charge in [0.25, 0.3) is 0 Å². The third-order valence-electron chi connectivity index (χ3n) is 6.00. The molecule has 2 aromatic carbocycles. The van der Waals surface area contributed by atoms with Crippen molar-refractivity contribution in [3.63, 3.8) is 0 Å². The van der Waals surface area contributed by atoms with Gasteiger partial charge in [0.15, 0.2) is 0 Å². The smallest absolute Gasteiger partial charge is 0.0991 e. The summed E-state index contributed by atoms with van der Waals surface area (Å²) in [6, 6.07) is 19.0. The molecule has 2 aromatic rings. The van der Waals surface area contributed by atoms with Gasteiger partial charge in [-0.25, -0.2) is 0 Å². The van der Waals surface area contributed by atoms with E-state index in [0.717, 1.165) is 17.9 Å². The largest absolute Gasteiger partial charge is 0.251 e. The number of alkyl halides is 1. The number of hydrogen-bond acceptors (Lipinski definition) is 1. The lowest BCUT2D eigenvalue weighted by Crippen LogP contribution is -2.13. The van der Waals surface area contributed by atoms with Crippen LogP contribution in [0.1, 0.15) is 68.4 Å². The molecule has 0 unspecified atom stereocenters. The van der Waals surface area contributed by atoms with Crippen molar-refractivity contribution in [3.8, 4) is 17.2 Å². The molecule has 0 bridgehead atoms. The molecule has 0 spiro atoms. The second-order valence-corrected chi connectivity index (χ2v) is 7.91. The lowest BCUT2D eigenvalue weighted by atomic mass is 9.77. The minimum absolute atomic E-state index is 0.241. The van der Waals surface area contributed by atoms with E-state index in [2.05, 4.69) is 36.4 Å². The number of nitrogens with zero attached hydrogens (tertiary/aromatic N) is 1. The molecule has 0 radical (unpaired) electrons. The van der Waals surface area contributed by atoms with E-state index in [1.165, 1.54) is 49.7 Å². The van der Waals surface area contributed by atoms with Gasteiger partial charge in [-0.1, -0.05) is 55.0 Å². The highest BCUT2D eigenvalue weighted by atomic mass is 19.1. The van der Waals surface area contributed by atoms with E-state index in [9.17, 15) is 4.39 Å². The SMILES string of the molecule is N#Cc1ccc(-c2ccc([C@H]3CC[C@H](CCCC=CCCF)CC3)cc2)cc1. The third-order valence-corrected chi connectivity index (χ3v) is 6.00. The van der Waals surface area contributed by atoms with Crippen molar-refractivity contribution in [3.05, 3.63) is 71.8 Å². The molecular formula is C26H30FN. The first-order valence-corrected chi connectivity index (χ1v) is 10.6. The van der Waals surface area contributed by atoms with Crippen LogP contribution in [-0.4, -0.2) is 6.67 Å². The Hall–Kier alpha value is -2.40. The number of halogens is 1. The molecule has 0 atom stereocenters. The Labute approximate surface area is 168 Å². The molecule has 3 rings (SSSR count). The van der Waals surface area contributed by atoms with E-state index in [1.807, 2.05) is 30.3 Å². The zero-order valence-corrected chi connectivity index (χ0v) is 16.6. The predicted octanol–water partition coefficient (Wildman–Crippen LogP) is 7.59. The Kier molecular flexibility index (Phi) is 7.85. The summed E-state index contributed by atoms with van der Waals surface area (Å²) in [5, 5.41) is 8.92. The van der Waals surface area contributed by atoms with Gasteiger partial charge in [-0.3, -0.25) is 4.39 Å². The molecule has 0 aliphatic heterocycles. The molecular weight excluding hydrogens is 345 g/mol. The first kappa shape index (κ1) is 20.3. The summed E-state index contributed by atoms with van der Waals surface area (Å²) in [6.45, 7) is -0.241. The Morgan fingerprint density at radius 3 is 2.07 bits per heavy atom. The summed E-state index contributed by atoms with van der Waals surface area (Å²) in [5.74, 6) is 1.56. The number of rotatable bonds is 8. The second kappa shape index (κ2) is 10.8. The quantitative estimate of drug-likeness (QED) is 0.344. The molecule has 0 saturated heterocycles. The monoisotopic (exact) mass is 375 g/mol. The van der Waals surface area contributed by atoms with Crippen molar-refractivity contribution in [1.82, 2.24) is 0 Å². The second-order valence-electron chi connectivity index (χ2n) is 7.91. The highest BCUT2D eigenvalue weighted by molar-refractivity contribution is 5.64. The fourth-order valence-corrected chi connectivity index (χ4v) is 4.29. The summed E-state index contributed by atoms with van der Waals surface area (Å²) in [7, 11) is 0. The Morgan fingerprint density at radius 1 is 0.857 bits per heavy atom. The molecule has 1 nitrogen and oxygen atoms in total. The highest BCUT2D eigenvalue weighted by Gasteiger charge is 2.21. The number of nitriles is 1. The lowest BCUT2D eigenvalue weighted by Gasteiger charge is -2.29. The van der Waals surface area contributed by atoms with Crippen molar-refractivity contribution >= 4 is 0 Å². The molecule has 1 fully saturated rings. The Morgan fingerprint density at radius 2 is 1.46 bits per heavy atom. The minimum atomic E-state index is -0.241. The maximum Gasteiger partial charge on any atom is 0.0991 e. The number of unbranched alkanes of at least 4 members (excludes halogenated alkanes) is 1. The van der Waals surface area contributed by atoms with Crippen LogP contribution in [0.2, 0.25) is 0 Å². The average molecular weight is 376 g/mol. The molecule has 1 aliphatic carbocycles. The zero-order chi connectivity index (χ0) is 19.6. The van der Waals surface area contributed by atoms with E-state index in [4.69, 9.17) is 5.26 Å². The fourth-order valence-electron chi connectivity index (χ4n) is 4.29. The topological polar surface area (TPSA) is 23.8 Å². The zero-order valence-electron chi connectivity index (χ0n) is 16.6. The maximum atomic E-state index is 12.0. The lowest BCUT2D eigenvalue weighted by molar-refractivity contribution is 0.305. The predicted molar refractivity (Wildman–Crippen MR) is 115 cm³/mol. The van der Waals surface area contributed by atoms with E-state index in [-0.39, 0.29) is 6.67 Å². The van der Waals surface area contributed by atoms with Crippen LogP contribution in [0.4, 0.5) is 4.39 Å². The molecule has 28 heavy (non-hydrogen) atoms. The molecule has 2 heteroatoms. The molecule has 0 N–H and O–H groups in total. The minimum Gasteiger partial charge on any atom is -0.251 e. The van der Waals surface area contributed by atoms with E-state index < -0.39 is 0 Å². The van der Waals surface area contributed by atoms with Gasteiger partial charge in [0.2, 0.25) is 0 Å². The van der Waals surface area contributed by atoms with E-state index >= 15 is 0 Å². The van der Waals surface area contributed by atoms with Crippen molar-refractivity contribution in [1.29, 1.82) is 5.26 Å². The summed E-state index contributed by atoms with van der Waals surface area (Å²) >= 11 is 0. The van der Waals surface area contributed by atoms with Crippen LogP contribution in [0.5, 0.6) is 0 Å². The molecule has 0 aromatic heterocycles. The highest BCUT2D eigenvalue weighted by Crippen LogP contribution is 2.38. The van der Waals surface area contributed by atoms with Crippen LogP contribution in [-0.2, 0) is 0 Å². The first-order chi connectivity index (χ1) is 13.8. The Balaban J connectivity index is 1.46. The van der Waals surface area contributed by atoms with Crippen molar-refractivity contribution in [2.75, 3.05) is 6.67 Å². The van der Waals surface area contributed by atoms with Gasteiger partial charge in [0.1, 0.15) is 0 Å². The van der Waals surface area contributed by atoms with Crippen LogP contribution >= 0.6 is 0 Å². The molecule has 0 amide bonds. The van der Waals surface area contributed by atoms with Crippen molar-refractivity contribution < 1.29 is 4.39 Å². The molecule has 1 aliphatic rings. The summed E-state index contributed by atoms with van der Waals surface area (Å²) < 4.78 is 12.0. The van der Waals surface area contributed by atoms with Gasteiger partial charge >= 0.3 is 0 Å². The van der Waals surface area contributed by atoms with Gasteiger partial charge in [-0.05, 0) is 85.6 Å². The van der Waals surface area contributed by atoms with Crippen molar-refractivity contribution in [2.24, 2.45) is 5.92 Å². The van der Waals surface area contributed by atoms with E-state index in [1.54, 1.807) is 0 Å². The third kappa shape index (κ3) is 5.80. The average Bonchev–Trinajstić information content (AvgIpc) is 2.77. The van der Waals surface area contributed by atoms with Crippen LogP contribution in [0.25, 0.3) is 11.1 Å². The molecule has 0 heterocycles. The van der Waals surface area contributed by atoms with Gasteiger partial charge in [-0.2, -0.15) is 5.26 Å². The fraction of sp³-hybridized carbons (Fsp3) is 0.423. The summed E-state index contributed by atoms with van der Waals surface area (Å²) in [6.07, 6.45) is 13.6. The normalized spacial score (nSPS) is 19.6. The summed E-state index contributed by atoms with van der Waals surface area (Å²) in [5.41, 5.74) is 4.54. The van der Waals surface area contributed by atoms with Crippen LogP contribution in [0, 0.1) is 17.2 Å². The van der Waals surface area contributed by atoms with Crippen molar-refractivity contribution in [2.45, 2.75) is 57.3 Å². The number of allylic oxidation sites excluding steroid dienone is 2. The van der Waals surface area contributed by atoms with Crippen LogP contribution < -0.4 is 0 Å². The van der Waals surface area contributed by atoms with Gasteiger partial charge < -0.3 is 0 Å². The van der Waals surface area contributed by atoms with Crippen LogP contribution in [0.3, 0.4) is 0 Å². The number of benzene rings is 2. The first-order valence-electron chi connectivity index (χ1n) is 10.6. The summed E-state index contributed by atoms with van der Waals surface area (Å²) in [4.78, 5) is 0. The Bertz CT molecular complexity index is 775. The van der Waals surface area contributed by atoms with E-state index in [0.29, 0.717) is 17.9 Å². The standard InChI is InChI=1S/C26H30FN/c27-19-5-3-1-2-4-6-21-7-11-23(12-8-21)25-15-17-26(18-16-25)24-13-9-22(20-28)10-14-24/h1,3,9-10,13-18,21,23H,2,4-8,11-12,19H2/t21-,23-. The van der Waals surface area contributed by atoms with Gasteiger partial charge in [-0.15, -0.1) is 0 Å². The van der Waals surface area contributed by atoms with Crippen LogP contribution in [0.15, 0.2) is 60.7 Å². The molecule has 1 saturated carbocycles. The van der Waals surface area contributed by atoms with Gasteiger partial charge in [0, 0.05) is 0 Å². The molecule has 146 valence electrons. The maximum absolute atomic E-state index is 12.0.